The normalized spacial score (nSPS) is 30.5. The Morgan fingerprint density at radius 2 is 2.21 bits per heavy atom. The molecule has 3 N–H and O–H groups in total. The molecule has 0 spiro atoms. The number of hydrogen-bond donors (Lipinski definition) is 3. The third-order valence-electron chi connectivity index (χ3n) is 2.99. The Hall–Kier alpha value is -0.691. The summed E-state index contributed by atoms with van der Waals surface area (Å²) >= 11 is -0.127. The molecule has 0 amide bonds. The molecule has 7 heteroatoms. The van der Waals surface area contributed by atoms with Gasteiger partial charge in [-0.1, -0.05) is 0 Å². The van der Waals surface area contributed by atoms with Crippen LogP contribution < -0.4 is 0 Å². The van der Waals surface area contributed by atoms with Crippen LogP contribution in [0.5, 0.6) is 0 Å². The standard InChI is InChI=1S/C12H16O6Se/c1-2-17-12(16)6-3-4-19-11(6)10-9(15)8(14)7(5-13)18-10/h3-4,7-10,13-15H,2,5H2,1H3/t7-,8-,9-,10-/m1/s1. The Morgan fingerprint density at radius 1 is 1.47 bits per heavy atom. The van der Waals surface area contributed by atoms with Crippen molar-refractivity contribution in [2.75, 3.05) is 13.2 Å². The molecule has 1 aromatic rings. The van der Waals surface area contributed by atoms with E-state index in [9.17, 15) is 15.0 Å². The van der Waals surface area contributed by atoms with Crippen molar-refractivity contribution in [3.8, 4) is 0 Å². The zero-order chi connectivity index (χ0) is 14.0. The van der Waals surface area contributed by atoms with Crippen LogP contribution in [0.3, 0.4) is 0 Å². The van der Waals surface area contributed by atoms with Crippen molar-refractivity contribution in [1.82, 2.24) is 0 Å². The van der Waals surface area contributed by atoms with Crippen molar-refractivity contribution < 1.29 is 29.6 Å². The van der Waals surface area contributed by atoms with E-state index in [1.54, 1.807) is 13.0 Å². The van der Waals surface area contributed by atoms with Gasteiger partial charge < -0.3 is 0 Å². The van der Waals surface area contributed by atoms with Crippen molar-refractivity contribution in [3.63, 3.8) is 0 Å². The zero-order valence-electron chi connectivity index (χ0n) is 10.4. The molecule has 1 aliphatic heterocycles. The monoisotopic (exact) mass is 336 g/mol. The number of aliphatic hydroxyl groups is 3. The Bertz CT molecular complexity index is 445. The fraction of sp³-hybridized carbons (Fsp3) is 0.583. The minimum absolute atomic E-state index is 0.127. The van der Waals surface area contributed by atoms with Gasteiger partial charge in [0.25, 0.3) is 0 Å². The number of aliphatic hydroxyl groups excluding tert-OH is 3. The summed E-state index contributed by atoms with van der Waals surface area (Å²) in [4.78, 5) is 13.6. The van der Waals surface area contributed by atoms with Gasteiger partial charge in [-0.05, 0) is 0 Å². The summed E-state index contributed by atoms with van der Waals surface area (Å²) in [7, 11) is 0. The van der Waals surface area contributed by atoms with E-state index in [0.29, 0.717) is 10.0 Å². The van der Waals surface area contributed by atoms with Gasteiger partial charge in [0.1, 0.15) is 0 Å². The number of hydrogen-bond acceptors (Lipinski definition) is 6. The molecule has 0 aromatic carbocycles. The average Bonchev–Trinajstić information content (AvgIpc) is 2.97. The molecule has 1 aromatic heterocycles. The second kappa shape index (κ2) is 6.17. The fourth-order valence-corrected chi connectivity index (χ4v) is 4.05. The molecule has 2 rings (SSSR count). The van der Waals surface area contributed by atoms with Crippen molar-refractivity contribution in [2.24, 2.45) is 0 Å². The fourth-order valence-electron chi connectivity index (χ4n) is 2.04. The van der Waals surface area contributed by atoms with Gasteiger partial charge in [0.2, 0.25) is 0 Å². The van der Waals surface area contributed by atoms with Gasteiger partial charge in [-0.2, -0.15) is 0 Å². The molecule has 0 unspecified atom stereocenters. The molecule has 0 saturated carbocycles. The zero-order valence-corrected chi connectivity index (χ0v) is 12.1. The van der Waals surface area contributed by atoms with Crippen LogP contribution in [-0.4, -0.2) is 67.3 Å². The van der Waals surface area contributed by atoms with E-state index < -0.39 is 30.4 Å². The van der Waals surface area contributed by atoms with E-state index in [4.69, 9.17) is 14.6 Å². The van der Waals surface area contributed by atoms with E-state index in [-0.39, 0.29) is 27.7 Å². The number of rotatable bonds is 4. The van der Waals surface area contributed by atoms with Gasteiger partial charge in [0.05, 0.1) is 0 Å². The Morgan fingerprint density at radius 3 is 2.79 bits per heavy atom. The van der Waals surface area contributed by atoms with Crippen LogP contribution in [0.25, 0.3) is 0 Å². The van der Waals surface area contributed by atoms with Crippen molar-refractivity contribution in [1.29, 1.82) is 0 Å². The molecule has 0 aliphatic carbocycles. The summed E-state index contributed by atoms with van der Waals surface area (Å²) in [6, 6.07) is 1.65. The number of ether oxygens (including phenoxy) is 2. The topological polar surface area (TPSA) is 96.2 Å². The van der Waals surface area contributed by atoms with Crippen LogP contribution in [0.15, 0.2) is 11.0 Å². The average molecular weight is 335 g/mol. The molecule has 0 bridgehead atoms. The molecule has 1 saturated heterocycles. The molecule has 1 fully saturated rings. The maximum absolute atomic E-state index is 11.8. The van der Waals surface area contributed by atoms with Crippen LogP contribution in [0, 0.1) is 0 Å². The first kappa shape index (κ1) is 14.7. The SMILES string of the molecule is CCOC(=O)c1cc[se]c1[C@@H]1O[C@H](CO)[C@@H](O)[C@H]1O. The van der Waals surface area contributed by atoms with Crippen molar-refractivity contribution in [3.05, 3.63) is 21.0 Å². The van der Waals surface area contributed by atoms with Crippen LogP contribution in [0.4, 0.5) is 0 Å². The third kappa shape index (κ3) is 2.76. The van der Waals surface area contributed by atoms with Crippen LogP contribution in [0.2, 0.25) is 0 Å². The second-order valence-electron chi connectivity index (χ2n) is 4.18. The molecule has 1 aliphatic rings. The van der Waals surface area contributed by atoms with Gasteiger partial charge in [-0.15, -0.1) is 0 Å². The predicted octanol–water partition coefficient (Wildman–Crippen LogP) is -0.926. The number of esters is 1. The number of carbonyl (C=O) groups is 1. The summed E-state index contributed by atoms with van der Waals surface area (Å²) < 4.78 is 11.0. The molecular weight excluding hydrogens is 319 g/mol. The molecule has 19 heavy (non-hydrogen) atoms. The first-order chi connectivity index (χ1) is 9.10. The molecule has 2 heterocycles. The van der Waals surface area contributed by atoms with Crippen LogP contribution >= 0.6 is 0 Å². The summed E-state index contributed by atoms with van der Waals surface area (Å²) in [5.41, 5.74) is 0.386. The van der Waals surface area contributed by atoms with Crippen molar-refractivity contribution >= 4 is 20.5 Å². The summed E-state index contributed by atoms with van der Waals surface area (Å²) in [6.45, 7) is 1.61. The van der Waals surface area contributed by atoms with E-state index in [2.05, 4.69) is 0 Å². The first-order valence-electron chi connectivity index (χ1n) is 5.97. The first-order valence-corrected chi connectivity index (χ1v) is 7.81. The van der Waals surface area contributed by atoms with Crippen LogP contribution in [-0.2, 0) is 9.47 Å². The molecule has 4 atom stereocenters. The molecule has 6 nitrogen and oxygen atoms in total. The number of carbonyl (C=O) groups excluding carboxylic acids is 1. The summed E-state index contributed by atoms with van der Waals surface area (Å²) in [5.74, 6) is -0.453. The minimum atomic E-state index is -1.15. The molecule has 0 radical (unpaired) electrons. The van der Waals surface area contributed by atoms with Crippen molar-refractivity contribution in [2.45, 2.75) is 31.3 Å². The quantitative estimate of drug-likeness (QED) is 0.486. The Labute approximate surface area is 116 Å². The predicted molar refractivity (Wildman–Crippen MR) is 66.1 cm³/mol. The maximum atomic E-state index is 11.8. The second-order valence-corrected chi connectivity index (χ2v) is 6.17. The van der Waals surface area contributed by atoms with Gasteiger partial charge >= 0.3 is 116 Å². The summed E-state index contributed by atoms with van der Waals surface area (Å²) in [5, 5.41) is 28.7. The van der Waals surface area contributed by atoms with E-state index in [0.717, 1.165) is 0 Å². The Kier molecular flexibility index (Phi) is 4.78. The van der Waals surface area contributed by atoms with Gasteiger partial charge in [0.15, 0.2) is 0 Å². The van der Waals surface area contributed by atoms with E-state index in [1.165, 1.54) is 0 Å². The third-order valence-corrected chi connectivity index (χ3v) is 5.04. The van der Waals surface area contributed by atoms with Gasteiger partial charge in [-0.3, -0.25) is 0 Å². The molecule has 106 valence electrons. The van der Waals surface area contributed by atoms with Gasteiger partial charge in [-0.25, -0.2) is 0 Å². The molecular formula is C12H16O6Se. The Balaban J connectivity index is 2.23. The van der Waals surface area contributed by atoms with Gasteiger partial charge in [0, 0.05) is 0 Å². The van der Waals surface area contributed by atoms with Crippen LogP contribution in [0.1, 0.15) is 27.8 Å². The summed E-state index contributed by atoms with van der Waals surface area (Å²) in [6.07, 6.45) is -3.88. The van der Waals surface area contributed by atoms with E-state index in [1.807, 2.05) is 4.94 Å². The van der Waals surface area contributed by atoms with E-state index >= 15 is 0 Å².